The van der Waals surface area contributed by atoms with E-state index < -0.39 is 0 Å². The number of hydrogen-bond acceptors (Lipinski definition) is 4. The molecular formula is C18H28N4O3. The van der Waals surface area contributed by atoms with Crippen LogP contribution in [0.25, 0.3) is 0 Å². The van der Waals surface area contributed by atoms with E-state index in [0.717, 1.165) is 37.1 Å². The van der Waals surface area contributed by atoms with Gasteiger partial charge >= 0.3 is 6.03 Å². The lowest BCUT2D eigenvalue weighted by Gasteiger charge is -2.26. The zero-order valence-electron chi connectivity index (χ0n) is 15.3. The molecule has 0 spiro atoms. The van der Waals surface area contributed by atoms with E-state index in [2.05, 4.69) is 22.5 Å². The molecule has 1 aromatic rings. The smallest absolute Gasteiger partial charge is 0.315 e. The van der Waals surface area contributed by atoms with Crippen molar-refractivity contribution in [1.29, 1.82) is 0 Å². The lowest BCUT2D eigenvalue weighted by Crippen LogP contribution is -2.41. The summed E-state index contributed by atoms with van der Waals surface area (Å²) in [6.45, 7) is 5.69. The lowest BCUT2D eigenvalue weighted by molar-refractivity contribution is -0.129. The summed E-state index contributed by atoms with van der Waals surface area (Å²) in [4.78, 5) is 30.0. The zero-order valence-corrected chi connectivity index (χ0v) is 15.3. The Morgan fingerprint density at radius 1 is 1.40 bits per heavy atom. The molecule has 0 unspecified atom stereocenters. The molecule has 0 saturated carbocycles. The fraction of sp³-hybridized carbons (Fsp3) is 0.611. The molecule has 1 fully saturated rings. The Kier molecular flexibility index (Phi) is 7.03. The Morgan fingerprint density at radius 3 is 2.84 bits per heavy atom. The Labute approximate surface area is 149 Å². The quantitative estimate of drug-likeness (QED) is 0.752. The van der Waals surface area contributed by atoms with Crippen molar-refractivity contribution in [3.63, 3.8) is 0 Å². The fourth-order valence-corrected chi connectivity index (χ4v) is 3.10. The molecule has 1 aliphatic rings. The van der Waals surface area contributed by atoms with Gasteiger partial charge < -0.3 is 20.3 Å². The summed E-state index contributed by atoms with van der Waals surface area (Å²) in [7, 11) is 1.57. The summed E-state index contributed by atoms with van der Waals surface area (Å²) in [5.41, 5.74) is 1.70. The lowest BCUT2D eigenvalue weighted by atomic mass is 10.1. The highest BCUT2D eigenvalue weighted by Gasteiger charge is 2.26. The number of hydrogen-bond donors (Lipinski definition) is 2. The Hall–Kier alpha value is -2.31. The van der Waals surface area contributed by atoms with Crippen molar-refractivity contribution in [3.8, 4) is 5.88 Å². The normalized spacial score (nSPS) is 15.2. The average molecular weight is 348 g/mol. The number of aromatic nitrogens is 1. The molecule has 2 heterocycles. The van der Waals surface area contributed by atoms with Gasteiger partial charge in [-0.1, -0.05) is 13.0 Å². The second-order valence-corrected chi connectivity index (χ2v) is 6.27. The van der Waals surface area contributed by atoms with Crippen LogP contribution in [0, 0.1) is 6.92 Å². The number of amides is 3. The highest BCUT2D eigenvalue weighted by molar-refractivity contribution is 5.78. The predicted octanol–water partition coefficient (Wildman–Crippen LogP) is 1.99. The van der Waals surface area contributed by atoms with Crippen molar-refractivity contribution in [2.24, 2.45) is 0 Å². The zero-order chi connectivity index (χ0) is 18.2. The molecule has 25 heavy (non-hydrogen) atoms. The van der Waals surface area contributed by atoms with Crippen LogP contribution in [0.5, 0.6) is 5.88 Å². The van der Waals surface area contributed by atoms with Gasteiger partial charge in [0, 0.05) is 43.4 Å². The molecule has 0 bridgehead atoms. The first-order valence-corrected chi connectivity index (χ1v) is 8.86. The maximum Gasteiger partial charge on any atom is 0.315 e. The summed E-state index contributed by atoms with van der Waals surface area (Å²) in [6.07, 6.45) is 3.26. The fourth-order valence-electron chi connectivity index (χ4n) is 3.10. The highest BCUT2D eigenvalue weighted by Crippen LogP contribution is 2.18. The van der Waals surface area contributed by atoms with Gasteiger partial charge in [0.25, 0.3) is 0 Å². The van der Waals surface area contributed by atoms with Crippen LogP contribution in [0.4, 0.5) is 4.79 Å². The number of aryl methyl sites for hydroxylation is 1. The summed E-state index contributed by atoms with van der Waals surface area (Å²) in [6, 6.07) is 3.76. The van der Waals surface area contributed by atoms with Crippen LogP contribution in [0.1, 0.15) is 43.9 Å². The van der Waals surface area contributed by atoms with Gasteiger partial charge in [-0.05, 0) is 32.3 Å². The summed E-state index contributed by atoms with van der Waals surface area (Å²) in [5, 5.41) is 5.67. The van der Waals surface area contributed by atoms with E-state index in [1.807, 2.05) is 24.0 Å². The minimum atomic E-state index is -0.231. The standard InChI is InChI=1S/C18H28N4O3/c1-4-15(22-11-5-6-16(22)23)9-10-19-18(24)20-12-14-8-7-13(2)21-17(14)25-3/h7-8,15H,4-6,9-12H2,1-3H3,(H2,19,20,24)/t15-/m0/s1. The van der Waals surface area contributed by atoms with Gasteiger partial charge in [-0.3, -0.25) is 4.79 Å². The van der Waals surface area contributed by atoms with Crippen LogP contribution in [0.3, 0.4) is 0 Å². The van der Waals surface area contributed by atoms with Crippen molar-refractivity contribution in [3.05, 3.63) is 23.4 Å². The number of nitrogens with zero attached hydrogens (tertiary/aromatic N) is 2. The Balaban J connectivity index is 1.74. The van der Waals surface area contributed by atoms with E-state index in [1.54, 1.807) is 7.11 Å². The number of nitrogens with one attached hydrogen (secondary N) is 2. The first-order chi connectivity index (χ1) is 12.0. The van der Waals surface area contributed by atoms with Gasteiger partial charge in [-0.2, -0.15) is 0 Å². The average Bonchev–Trinajstić information content (AvgIpc) is 3.03. The predicted molar refractivity (Wildman–Crippen MR) is 95.4 cm³/mol. The monoisotopic (exact) mass is 348 g/mol. The van der Waals surface area contributed by atoms with Gasteiger partial charge in [0.1, 0.15) is 0 Å². The van der Waals surface area contributed by atoms with E-state index in [9.17, 15) is 9.59 Å². The summed E-state index contributed by atoms with van der Waals surface area (Å²) >= 11 is 0. The first-order valence-electron chi connectivity index (χ1n) is 8.86. The van der Waals surface area contributed by atoms with E-state index in [1.165, 1.54) is 0 Å². The number of rotatable bonds is 8. The van der Waals surface area contributed by atoms with Gasteiger partial charge in [-0.25, -0.2) is 9.78 Å². The number of carbonyl (C=O) groups is 2. The molecule has 2 rings (SSSR count). The molecule has 2 N–H and O–H groups in total. The number of carbonyl (C=O) groups excluding carboxylic acids is 2. The molecule has 7 heteroatoms. The molecule has 1 atom stereocenters. The van der Waals surface area contributed by atoms with Gasteiger partial charge in [-0.15, -0.1) is 0 Å². The number of pyridine rings is 1. The Bertz CT molecular complexity index is 606. The van der Waals surface area contributed by atoms with Gasteiger partial charge in [0.05, 0.1) is 7.11 Å². The molecular weight excluding hydrogens is 320 g/mol. The van der Waals surface area contributed by atoms with Crippen molar-refractivity contribution in [2.75, 3.05) is 20.2 Å². The second-order valence-electron chi connectivity index (χ2n) is 6.27. The Morgan fingerprint density at radius 2 is 2.20 bits per heavy atom. The molecule has 0 aromatic carbocycles. The van der Waals surface area contributed by atoms with Crippen LogP contribution >= 0.6 is 0 Å². The van der Waals surface area contributed by atoms with E-state index in [-0.39, 0.29) is 18.0 Å². The number of likely N-dealkylation sites (tertiary alicyclic amines) is 1. The third kappa shape index (κ3) is 5.34. The molecule has 1 saturated heterocycles. The number of methoxy groups -OCH3 is 1. The highest BCUT2D eigenvalue weighted by atomic mass is 16.5. The molecule has 3 amide bonds. The van der Waals surface area contributed by atoms with Crippen LogP contribution in [0.2, 0.25) is 0 Å². The molecule has 1 aromatic heterocycles. The van der Waals surface area contributed by atoms with Crippen LogP contribution in [-0.4, -0.2) is 48.1 Å². The van der Waals surface area contributed by atoms with Crippen molar-refractivity contribution < 1.29 is 14.3 Å². The SMILES string of the molecule is CC[C@@H](CCNC(=O)NCc1ccc(C)nc1OC)N1CCCC1=O. The molecule has 138 valence electrons. The van der Waals surface area contributed by atoms with Crippen molar-refractivity contribution >= 4 is 11.9 Å². The molecule has 0 radical (unpaired) electrons. The third-order valence-electron chi connectivity index (χ3n) is 4.50. The summed E-state index contributed by atoms with van der Waals surface area (Å²) in [5.74, 6) is 0.758. The second kappa shape index (κ2) is 9.25. The molecule has 0 aliphatic carbocycles. The minimum absolute atomic E-state index is 0.205. The van der Waals surface area contributed by atoms with E-state index in [0.29, 0.717) is 25.4 Å². The summed E-state index contributed by atoms with van der Waals surface area (Å²) < 4.78 is 5.23. The minimum Gasteiger partial charge on any atom is -0.481 e. The van der Waals surface area contributed by atoms with Crippen molar-refractivity contribution in [2.45, 2.75) is 52.1 Å². The topological polar surface area (TPSA) is 83.6 Å². The van der Waals surface area contributed by atoms with Crippen molar-refractivity contribution in [1.82, 2.24) is 20.5 Å². The molecule has 1 aliphatic heterocycles. The first kappa shape index (κ1) is 19.0. The number of ether oxygens (including phenoxy) is 1. The maximum absolute atomic E-state index is 12.0. The van der Waals surface area contributed by atoms with Gasteiger partial charge in [0.15, 0.2) is 0 Å². The van der Waals surface area contributed by atoms with E-state index >= 15 is 0 Å². The maximum atomic E-state index is 12.0. The largest absolute Gasteiger partial charge is 0.481 e. The molecule has 7 nitrogen and oxygen atoms in total. The van der Waals surface area contributed by atoms with Crippen LogP contribution < -0.4 is 15.4 Å². The third-order valence-corrected chi connectivity index (χ3v) is 4.50. The van der Waals surface area contributed by atoms with Gasteiger partial charge in [0.2, 0.25) is 11.8 Å². The van der Waals surface area contributed by atoms with Crippen LogP contribution in [-0.2, 0) is 11.3 Å². The van der Waals surface area contributed by atoms with Crippen LogP contribution in [0.15, 0.2) is 12.1 Å². The number of urea groups is 1. The van der Waals surface area contributed by atoms with E-state index in [4.69, 9.17) is 4.74 Å².